The van der Waals surface area contributed by atoms with E-state index >= 15 is 0 Å². The van der Waals surface area contributed by atoms with Gasteiger partial charge >= 0.3 is 5.97 Å². The third kappa shape index (κ3) is 3.09. The van der Waals surface area contributed by atoms with Gasteiger partial charge in [-0.15, -0.1) is 0 Å². The molecule has 1 aromatic rings. The summed E-state index contributed by atoms with van der Waals surface area (Å²) in [4.78, 5) is 10.8. The first-order chi connectivity index (χ1) is 7.77. The number of benzene rings is 1. The lowest BCUT2D eigenvalue weighted by atomic mass is 9.81. The van der Waals surface area contributed by atoms with Crippen molar-refractivity contribution in [2.24, 2.45) is 0 Å². The van der Waals surface area contributed by atoms with Crippen LogP contribution in [0.4, 0.5) is 4.39 Å². The van der Waals surface area contributed by atoms with Crippen LogP contribution in [0.25, 0.3) is 0 Å². The highest BCUT2D eigenvalue weighted by Gasteiger charge is 2.29. The van der Waals surface area contributed by atoms with Crippen LogP contribution in [0.2, 0.25) is 5.02 Å². The van der Waals surface area contributed by atoms with E-state index in [0.29, 0.717) is 11.3 Å². The molecule has 0 saturated carbocycles. The van der Waals surface area contributed by atoms with Gasteiger partial charge in [-0.05, 0) is 12.1 Å². The Balaban J connectivity index is 3.33. The second-order valence-electron chi connectivity index (χ2n) is 4.42. The molecule has 1 aromatic carbocycles. The fourth-order valence-electron chi connectivity index (χ4n) is 1.74. The zero-order chi connectivity index (χ0) is 13.2. The van der Waals surface area contributed by atoms with Crippen molar-refractivity contribution in [2.75, 3.05) is 7.11 Å². The Kier molecular flexibility index (Phi) is 3.98. The molecule has 0 unspecified atom stereocenters. The average molecular weight is 261 g/mol. The summed E-state index contributed by atoms with van der Waals surface area (Å²) in [7, 11) is 1.42. The molecule has 0 heterocycles. The molecule has 0 aliphatic carbocycles. The summed E-state index contributed by atoms with van der Waals surface area (Å²) in [6.45, 7) is 3.41. The average Bonchev–Trinajstić information content (AvgIpc) is 2.14. The molecule has 0 aliphatic rings. The van der Waals surface area contributed by atoms with Gasteiger partial charge in [0.1, 0.15) is 11.6 Å². The van der Waals surface area contributed by atoms with Gasteiger partial charge in [0.05, 0.1) is 18.6 Å². The SMILES string of the molecule is COc1c(Cl)cc(F)cc1C(C)(C)CC(=O)O. The first-order valence-electron chi connectivity index (χ1n) is 5.03. The van der Waals surface area contributed by atoms with E-state index in [2.05, 4.69) is 0 Å². The molecule has 0 radical (unpaired) electrons. The van der Waals surface area contributed by atoms with Crippen LogP contribution in [0.1, 0.15) is 25.8 Å². The van der Waals surface area contributed by atoms with Crippen molar-refractivity contribution in [3.8, 4) is 5.75 Å². The van der Waals surface area contributed by atoms with E-state index in [4.69, 9.17) is 21.4 Å². The summed E-state index contributed by atoms with van der Waals surface area (Å²) in [5.41, 5.74) is -0.310. The third-order valence-electron chi connectivity index (χ3n) is 2.53. The monoisotopic (exact) mass is 260 g/mol. The van der Waals surface area contributed by atoms with Crippen LogP contribution in [0.3, 0.4) is 0 Å². The number of carboxylic acid groups (broad SMARTS) is 1. The molecule has 1 rings (SSSR count). The van der Waals surface area contributed by atoms with Crippen molar-refractivity contribution >= 4 is 17.6 Å². The summed E-state index contributed by atoms with van der Waals surface area (Å²) in [6.07, 6.45) is -0.136. The van der Waals surface area contributed by atoms with Crippen LogP contribution in [-0.4, -0.2) is 18.2 Å². The Hall–Kier alpha value is -1.29. The number of rotatable bonds is 4. The minimum atomic E-state index is -0.961. The van der Waals surface area contributed by atoms with Crippen molar-refractivity contribution < 1.29 is 19.0 Å². The van der Waals surface area contributed by atoms with E-state index in [-0.39, 0.29) is 11.4 Å². The normalized spacial score (nSPS) is 11.4. The fourth-order valence-corrected chi connectivity index (χ4v) is 2.03. The molecule has 0 fully saturated rings. The smallest absolute Gasteiger partial charge is 0.304 e. The van der Waals surface area contributed by atoms with Gasteiger partial charge in [0.25, 0.3) is 0 Å². The summed E-state index contributed by atoms with van der Waals surface area (Å²) in [5, 5.41) is 8.98. The third-order valence-corrected chi connectivity index (χ3v) is 2.82. The molecule has 3 nitrogen and oxygen atoms in total. The van der Waals surface area contributed by atoms with Gasteiger partial charge in [-0.25, -0.2) is 4.39 Å². The van der Waals surface area contributed by atoms with E-state index in [1.165, 1.54) is 13.2 Å². The maximum atomic E-state index is 13.3. The molecule has 94 valence electrons. The maximum absolute atomic E-state index is 13.3. The summed E-state index contributed by atoms with van der Waals surface area (Å²) in [6, 6.07) is 2.40. The molecule has 1 N–H and O–H groups in total. The van der Waals surface area contributed by atoms with Crippen molar-refractivity contribution in [3.05, 3.63) is 28.5 Å². The fraction of sp³-hybridized carbons (Fsp3) is 0.417. The molecule has 0 aliphatic heterocycles. The minimum absolute atomic E-state index is 0.136. The Bertz CT molecular complexity index is 444. The van der Waals surface area contributed by atoms with Gasteiger partial charge in [-0.2, -0.15) is 0 Å². The molecular weight excluding hydrogens is 247 g/mol. The van der Waals surface area contributed by atoms with E-state index < -0.39 is 17.2 Å². The summed E-state index contributed by atoms with van der Waals surface area (Å²) >= 11 is 5.86. The largest absolute Gasteiger partial charge is 0.495 e. The quantitative estimate of drug-likeness (QED) is 0.904. The molecule has 0 bridgehead atoms. The molecule has 0 aromatic heterocycles. The second-order valence-corrected chi connectivity index (χ2v) is 4.83. The topological polar surface area (TPSA) is 46.5 Å². The van der Waals surface area contributed by atoms with Gasteiger partial charge in [0.15, 0.2) is 0 Å². The number of halogens is 2. The number of carbonyl (C=O) groups is 1. The Morgan fingerprint density at radius 1 is 1.53 bits per heavy atom. The lowest BCUT2D eigenvalue weighted by Crippen LogP contribution is -2.22. The van der Waals surface area contributed by atoms with Gasteiger partial charge in [0.2, 0.25) is 0 Å². The van der Waals surface area contributed by atoms with Crippen LogP contribution in [0, 0.1) is 5.82 Å². The molecular formula is C12H14ClFO3. The van der Waals surface area contributed by atoms with Crippen LogP contribution in [-0.2, 0) is 10.2 Å². The van der Waals surface area contributed by atoms with E-state index in [9.17, 15) is 9.18 Å². The van der Waals surface area contributed by atoms with Crippen LogP contribution in [0.15, 0.2) is 12.1 Å². The Labute approximate surface area is 104 Å². The lowest BCUT2D eigenvalue weighted by molar-refractivity contribution is -0.138. The van der Waals surface area contributed by atoms with E-state index in [0.717, 1.165) is 6.07 Å². The lowest BCUT2D eigenvalue weighted by Gasteiger charge is -2.25. The molecule has 17 heavy (non-hydrogen) atoms. The van der Waals surface area contributed by atoms with Gasteiger partial charge < -0.3 is 9.84 Å². The number of aliphatic carboxylic acids is 1. The van der Waals surface area contributed by atoms with Gasteiger partial charge in [-0.1, -0.05) is 25.4 Å². The van der Waals surface area contributed by atoms with Crippen molar-refractivity contribution in [3.63, 3.8) is 0 Å². The zero-order valence-corrected chi connectivity index (χ0v) is 10.6. The highest BCUT2D eigenvalue weighted by atomic mass is 35.5. The highest BCUT2D eigenvalue weighted by Crippen LogP contribution is 2.39. The van der Waals surface area contributed by atoms with Crippen LogP contribution < -0.4 is 4.74 Å². The summed E-state index contributed by atoms with van der Waals surface area (Å²) in [5.74, 6) is -1.15. The van der Waals surface area contributed by atoms with Crippen molar-refractivity contribution in [1.29, 1.82) is 0 Å². The molecule has 0 spiro atoms. The first-order valence-corrected chi connectivity index (χ1v) is 5.41. The second kappa shape index (κ2) is 4.92. The van der Waals surface area contributed by atoms with Crippen LogP contribution in [0.5, 0.6) is 5.75 Å². The highest BCUT2D eigenvalue weighted by molar-refractivity contribution is 6.32. The Morgan fingerprint density at radius 3 is 2.59 bits per heavy atom. The zero-order valence-electron chi connectivity index (χ0n) is 9.88. The molecule has 5 heteroatoms. The predicted molar refractivity (Wildman–Crippen MR) is 63.2 cm³/mol. The number of methoxy groups -OCH3 is 1. The van der Waals surface area contributed by atoms with E-state index in [1.54, 1.807) is 13.8 Å². The first kappa shape index (κ1) is 13.8. The van der Waals surface area contributed by atoms with Crippen molar-refractivity contribution in [2.45, 2.75) is 25.7 Å². The van der Waals surface area contributed by atoms with Crippen LogP contribution >= 0.6 is 11.6 Å². The van der Waals surface area contributed by atoms with E-state index in [1.807, 2.05) is 0 Å². The summed E-state index contributed by atoms with van der Waals surface area (Å²) < 4.78 is 18.4. The minimum Gasteiger partial charge on any atom is -0.495 e. The number of ether oxygens (including phenoxy) is 1. The molecule has 0 saturated heterocycles. The molecule has 0 atom stereocenters. The maximum Gasteiger partial charge on any atom is 0.304 e. The van der Waals surface area contributed by atoms with Crippen molar-refractivity contribution in [1.82, 2.24) is 0 Å². The molecule has 0 amide bonds. The van der Waals surface area contributed by atoms with Gasteiger partial charge in [-0.3, -0.25) is 4.79 Å². The van der Waals surface area contributed by atoms with Gasteiger partial charge in [0, 0.05) is 11.0 Å². The number of hydrogen-bond acceptors (Lipinski definition) is 2. The standard InChI is InChI=1S/C12H14ClFO3/c1-12(2,6-10(15)16)8-4-7(14)5-9(13)11(8)17-3/h4-5H,6H2,1-3H3,(H,15,16). The Morgan fingerprint density at radius 2 is 2.12 bits per heavy atom. The number of hydrogen-bond donors (Lipinski definition) is 1. The predicted octanol–water partition coefficient (Wildman–Crippen LogP) is 3.24. The number of carboxylic acids is 1.